The van der Waals surface area contributed by atoms with Gasteiger partial charge in [0.25, 0.3) is 5.91 Å². The first kappa shape index (κ1) is 20.0. The number of nitrogens with zero attached hydrogens (tertiary/aromatic N) is 2. The van der Waals surface area contributed by atoms with E-state index < -0.39 is 6.04 Å². The Morgan fingerprint density at radius 1 is 1.16 bits per heavy atom. The van der Waals surface area contributed by atoms with Crippen LogP contribution in [0.1, 0.15) is 30.6 Å². The second kappa shape index (κ2) is 8.88. The lowest BCUT2D eigenvalue weighted by atomic mass is 10.0. The number of benzene rings is 1. The minimum atomic E-state index is -0.553. The molecule has 1 aliphatic heterocycles. The Morgan fingerprint density at radius 2 is 1.80 bits per heavy atom. The number of amides is 2. The standard InChI is InChI=1S/C18H25Cl2N3O2/c1-12(2)10-16(18(25)23-8-6-22(3)7-9-23)21-17(24)14-5-4-13(19)11-15(14)20/h4-5,11-12,16H,6-10H2,1-3H3,(H,21,24)/t16-/m1/s1. The minimum absolute atomic E-state index is 0.0276. The van der Waals surface area contributed by atoms with Crippen LogP contribution < -0.4 is 5.32 Å². The molecule has 0 aliphatic carbocycles. The number of hydrogen-bond donors (Lipinski definition) is 1. The average molecular weight is 386 g/mol. The van der Waals surface area contributed by atoms with Gasteiger partial charge in [0.05, 0.1) is 10.6 Å². The number of hydrogen-bond acceptors (Lipinski definition) is 3. The Morgan fingerprint density at radius 3 is 2.36 bits per heavy atom. The molecule has 0 spiro atoms. The van der Waals surface area contributed by atoms with E-state index in [0.29, 0.717) is 30.1 Å². The maximum absolute atomic E-state index is 12.9. The monoisotopic (exact) mass is 385 g/mol. The number of likely N-dealkylation sites (N-methyl/N-ethyl adjacent to an activating group) is 1. The molecule has 1 saturated heterocycles. The largest absolute Gasteiger partial charge is 0.340 e. The van der Waals surface area contributed by atoms with Gasteiger partial charge in [-0.25, -0.2) is 0 Å². The zero-order valence-corrected chi connectivity index (χ0v) is 16.4. The summed E-state index contributed by atoms with van der Waals surface area (Å²) >= 11 is 12.0. The number of carbonyl (C=O) groups excluding carboxylic acids is 2. The van der Waals surface area contributed by atoms with Crippen molar-refractivity contribution in [1.82, 2.24) is 15.1 Å². The lowest BCUT2D eigenvalue weighted by Gasteiger charge is -2.35. The number of carbonyl (C=O) groups is 2. The molecule has 0 unspecified atom stereocenters. The van der Waals surface area contributed by atoms with Crippen LogP contribution in [0.2, 0.25) is 10.0 Å². The van der Waals surface area contributed by atoms with E-state index in [1.54, 1.807) is 12.1 Å². The summed E-state index contributed by atoms with van der Waals surface area (Å²) in [6.45, 7) is 7.12. The highest BCUT2D eigenvalue weighted by Gasteiger charge is 2.29. The molecule has 5 nitrogen and oxygen atoms in total. The van der Waals surface area contributed by atoms with E-state index in [1.807, 2.05) is 25.8 Å². The highest BCUT2D eigenvalue weighted by Crippen LogP contribution is 2.21. The fraction of sp³-hybridized carbons (Fsp3) is 0.556. The first-order chi connectivity index (χ1) is 11.8. The zero-order chi connectivity index (χ0) is 18.6. The Hall–Kier alpha value is -1.30. The van der Waals surface area contributed by atoms with Gasteiger partial charge in [0, 0.05) is 31.2 Å². The molecule has 25 heavy (non-hydrogen) atoms. The van der Waals surface area contributed by atoms with Crippen molar-refractivity contribution in [2.24, 2.45) is 5.92 Å². The molecule has 1 aromatic rings. The third kappa shape index (κ3) is 5.59. The second-order valence-corrected chi connectivity index (χ2v) is 7.75. The quantitative estimate of drug-likeness (QED) is 0.847. The Bertz CT molecular complexity index is 629. The molecule has 1 fully saturated rings. The minimum Gasteiger partial charge on any atom is -0.340 e. The van der Waals surface area contributed by atoms with Gasteiger partial charge in [0.15, 0.2) is 0 Å². The smallest absolute Gasteiger partial charge is 0.253 e. The molecule has 1 atom stereocenters. The van der Waals surface area contributed by atoms with Crippen LogP contribution in [-0.2, 0) is 4.79 Å². The van der Waals surface area contributed by atoms with E-state index in [4.69, 9.17) is 23.2 Å². The maximum Gasteiger partial charge on any atom is 0.253 e. The van der Waals surface area contributed by atoms with Crippen molar-refractivity contribution in [2.45, 2.75) is 26.3 Å². The third-order valence-corrected chi connectivity index (χ3v) is 4.85. The highest BCUT2D eigenvalue weighted by atomic mass is 35.5. The Labute approximate surface area is 159 Å². The van der Waals surface area contributed by atoms with Gasteiger partial charge in [0.2, 0.25) is 5.91 Å². The Balaban J connectivity index is 2.11. The van der Waals surface area contributed by atoms with Crippen molar-refractivity contribution in [3.63, 3.8) is 0 Å². The number of rotatable bonds is 5. The zero-order valence-electron chi connectivity index (χ0n) is 14.9. The molecule has 2 rings (SSSR count). The molecule has 1 aromatic carbocycles. The van der Waals surface area contributed by atoms with E-state index in [9.17, 15) is 9.59 Å². The van der Waals surface area contributed by atoms with Gasteiger partial charge in [-0.15, -0.1) is 0 Å². The summed E-state index contributed by atoms with van der Waals surface area (Å²) < 4.78 is 0. The summed E-state index contributed by atoms with van der Waals surface area (Å²) in [4.78, 5) is 29.5. The first-order valence-electron chi connectivity index (χ1n) is 8.51. The lowest BCUT2D eigenvalue weighted by Crippen LogP contribution is -2.54. The van der Waals surface area contributed by atoms with Gasteiger partial charge in [0.1, 0.15) is 6.04 Å². The number of nitrogens with one attached hydrogen (secondary N) is 1. The van der Waals surface area contributed by atoms with Gasteiger partial charge in [-0.1, -0.05) is 37.0 Å². The van der Waals surface area contributed by atoms with Crippen molar-refractivity contribution in [3.05, 3.63) is 33.8 Å². The topological polar surface area (TPSA) is 52.7 Å². The molecule has 2 amide bonds. The molecule has 138 valence electrons. The van der Waals surface area contributed by atoms with Crippen LogP contribution in [0.4, 0.5) is 0 Å². The fourth-order valence-electron chi connectivity index (χ4n) is 2.85. The molecule has 0 aromatic heterocycles. The molecule has 1 N–H and O–H groups in total. The van der Waals surface area contributed by atoms with Crippen LogP contribution in [0, 0.1) is 5.92 Å². The summed E-state index contributed by atoms with van der Waals surface area (Å²) in [5.74, 6) is -0.0996. The van der Waals surface area contributed by atoms with Gasteiger partial charge < -0.3 is 15.1 Å². The van der Waals surface area contributed by atoms with Gasteiger partial charge >= 0.3 is 0 Å². The van der Waals surface area contributed by atoms with E-state index in [0.717, 1.165) is 13.1 Å². The summed E-state index contributed by atoms with van der Waals surface area (Å²) in [5.41, 5.74) is 0.325. The molecular weight excluding hydrogens is 361 g/mol. The predicted molar refractivity (Wildman–Crippen MR) is 101 cm³/mol. The van der Waals surface area contributed by atoms with E-state index in [-0.39, 0.29) is 22.8 Å². The van der Waals surface area contributed by atoms with E-state index in [2.05, 4.69) is 10.2 Å². The van der Waals surface area contributed by atoms with Crippen LogP contribution >= 0.6 is 23.2 Å². The van der Waals surface area contributed by atoms with Crippen molar-refractivity contribution >= 4 is 35.0 Å². The predicted octanol–water partition coefficient (Wildman–Crippen LogP) is 2.91. The Kier molecular flexibility index (Phi) is 7.11. The summed E-state index contributed by atoms with van der Waals surface area (Å²) in [5, 5.41) is 3.61. The molecule has 0 bridgehead atoms. The molecule has 0 saturated carbocycles. The maximum atomic E-state index is 12.9. The summed E-state index contributed by atoms with van der Waals surface area (Å²) in [7, 11) is 2.04. The summed E-state index contributed by atoms with van der Waals surface area (Å²) in [6, 6.07) is 4.16. The normalized spacial score (nSPS) is 16.8. The van der Waals surface area contributed by atoms with Crippen LogP contribution in [0.5, 0.6) is 0 Å². The lowest BCUT2D eigenvalue weighted by molar-refractivity contribution is -0.135. The van der Waals surface area contributed by atoms with Crippen LogP contribution in [0.3, 0.4) is 0 Å². The van der Waals surface area contributed by atoms with Gasteiger partial charge in [-0.05, 0) is 37.6 Å². The molecule has 1 heterocycles. The molecular formula is C18H25Cl2N3O2. The first-order valence-corrected chi connectivity index (χ1v) is 9.26. The molecule has 1 aliphatic rings. The third-order valence-electron chi connectivity index (χ3n) is 4.30. The molecule has 0 radical (unpaired) electrons. The van der Waals surface area contributed by atoms with Crippen LogP contribution in [0.15, 0.2) is 18.2 Å². The van der Waals surface area contributed by atoms with Crippen LogP contribution in [0.25, 0.3) is 0 Å². The van der Waals surface area contributed by atoms with Gasteiger partial charge in [-0.3, -0.25) is 9.59 Å². The fourth-order valence-corrected chi connectivity index (χ4v) is 3.34. The van der Waals surface area contributed by atoms with Crippen molar-refractivity contribution in [2.75, 3.05) is 33.2 Å². The average Bonchev–Trinajstić information content (AvgIpc) is 2.53. The SMILES string of the molecule is CC(C)C[C@@H](NC(=O)c1ccc(Cl)cc1Cl)C(=O)N1CCN(C)CC1. The number of halogens is 2. The van der Waals surface area contributed by atoms with Gasteiger partial charge in [-0.2, -0.15) is 0 Å². The van der Waals surface area contributed by atoms with Crippen molar-refractivity contribution in [1.29, 1.82) is 0 Å². The summed E-state index contributed by atoms with van der Waals surface area (Å²) in [6.07, 6.45) is 0.585. The molecule has 7 heteroatoms. The van der Waals surface area contributed by atoms with Crippen molar-refractivity contribution < 1.29 is 9.59 Å². The highest BCUT2D eigenvalue weighted by molar-refractivity contribution is 6.36. The van der Waals surface area contributed by atoms with Crippen LogP contribution in [-0.4, -0.2) is 60.9 Å². The second-order valence-electron chi connectivity index (χ2n) is 6.91. The van der Waals surface area contributed by atoms with E-state index in [1.165, 1.54) is 6.07 Å². The number of piperazine rings is 1. The van der Waals surface area contributed by atoms with Crippen molar-refractivity contribution in [3.8, 4) is 0 Å². The van der Waals surface area contributed by atoms with E-state index >= 15 is 0 Å².